The first-order valence-corrected chi connectivity index (χ1v) is 9.22. The molecule has 0 amide bonds. The van der Waals surface area contributed by atoms with Crippen molar-refractivity contribution >= 4 is 17.6 Å². The van der Waals surface area contributed by atoms with Gasteiger partial charge in [-0.1, -0.05) is 30.2 Å². The predicted molar refractivity (Wildman–Crippen MR) is 103 cm³/mol. The molecule has 2 N–H and O–H groups in total. The van der Waals surface area contributed by atoms with Gasteiger partial charge in [0.2, 0.25) is 0 Å². The number of nitrogens with one attached hydrogen (secondary N) is 2. The van der Waals surface area contributed by atoms with Crippen molar-refractivity contribution in [2.45, 2.75) is 31.8 Å². The molecule has 0 saturated heterocycles. The number of hydrogen-bond acceptors (Lipinski definition) is 3. The summed E-state index contributed by atoms with van der Waals surface area (Å²) in [4.78, 5) is 4.33. The minimum Gasteiger partial charge on any atom is -0.385 e. The Balaban J connectivity index is 1.85. The summed E-state index contributed by atoms with van der Waals surface area (Å²) in [6, 6.07) is 7.75. The highest BCUT2D eigenvalue weighted by Gasteiger charge is 2.36. The van der Waals surface area contributed by atoms with Crippen LogP contribution in [0.4, 0.5) is 0 Å². The maximum absolute atomic E-state index is 6.08. The first-order chi connectivity index (χ1) is 12.1. The molecule has 1 saturated carbocycles. The molecule has 1 aliphatic rings. The van der Waals surface area contributed by atoms with Crippen molar-refractivity contribution in [2.24, 2.45) is 10.4 Å². The molecule has 0 bridgehead atoms. The molecule has 1 aliphatic carbocycles. The van der Waals surface area contributed by atoms with Gasteiger partial charge in [0.05, 0.1) is 6.10 Å². The number of rotatable bonds is 9. The standard InChI is InChI=1S/C19H30ClN3O2/c1-21-18(23-14-19(8-5-9-19)10-11-24-2)22-13-17(25-3)15-6-4-7-16(20)12-15/h4,6-7,12,17H,5,8-11,13-14H2,1-3H3,(H2,21,22,23). The van der Waals surface area contributed by atoms with Gasteiger partial charge in [-0.2, -0.15) is 0 Å². The molecule has 0 radical (unpaired) electrons. The number of benzene rings is 1. The summed E-state index contributed by atoms with van der Waals surface area (Å²) in [6.45, 7) is 2.36. The van der Waals surface area contributed by atoms with Crippen LogP contribution in [0, 0.1) is 5.41 Å². The first-order valence-electron chi connectivity index (χ1n) is 8.84. The van der Waals surface area contributed by atoms with Crippen LogP contribution in [0.1, 0.15) is 37.4 Å². The fourth-order valence-electron chi connectivity index (χ4n) is 3.24. The quantitative estimate of drug-likeness (QED) is 0.519. The van der Waals surface area contributed by atoms with E-state index in [0.717, 1.165) is 31.1 Å². The van der Waals surface area contributed by atoms with Gasteiger partial charge in [-0.3, -0.25) is 4.99 Å². The second-order valence-corrected chi connectivity index (χ2v) is 7.12. The number of nitrogens with zero attached hydrogens (tertiary/aromatic N) is 1. The first kappa shape index (κ1) is 20.0. The predicted octanol–water partition coefficient (Wildman–Crippen LogP) is 3.40. The van der Waals surface area contributed by atoms with E-state index in [1.54, 1.807) is 21.3 Å². The summed E-state index contributed by atoms with van der Waals surface area (Å²) in [5.74, 6) is 0.799. The van der Waals surface area contributed by atoms with Crippen LogP contribution in [0.15, 0.2) is 29.3 Å². The van der Waals surface area contributed by atoms with E-state index < -0.39 is 0 Å². The van der Waals surface area contributed by atoms with Gasteiger partial charge >= 0.3 is 0 Å². The lowest BCUT2D eigenvalue weighted by molar-refractivity contribution is 0.0730. The Bertz CT molecular complexity index is 561. The molecule has 25 heavy (non-hydrogen) atoms. The summed E-state index contributed by atoms with van der Waals surface area (Å²) in [7, 11) is 5.26. The van der Waals surface area contributed by atoms with E-state index in [1.165, 1.54) is 19.3 Å². The summed E-state index contributed by atoms with van der Waals surface area (Å²) in [5.41, 5.74) is 1.40. The Morgan fingerprint density at radius 2 is 2.12 bits per heavy atom. The van der Waals surface area contributed by atoms with Crippen molar-refractivity contribution in [3.63, 3.8) is 0 Å². The third kappa shape index (κ3) is 5.87. The van der Waals surface area contributed by atoms with E-state index in [4.69, 9.17) is 21.1 Å². The summed E-state index contributed by atoms with van der Waals surface area (Å²) >= 11 is 6.08. The zero-order valence-corrected chi connectivity index (χ0v) is 16.2. The zero-order valence-electron chi connectivity index (χ0n) is 15.5. The van der Waals surface area contributed by atoms with Crippen molar-refractivity contribution in [3.05, 3.63) is 34.9 Å². The smallest absolute Gasteiger partial charge is 0.191 e. The lowest BCUT2D eigenvalue weighted by Gasteiger charge is -2.42. The van der Waals surface area contributed by atoms with Crippen LogP contribution >= 0.6 is 11.6 Å². The van der Waals surface area contributed by atoms with Gasteiger partial charge in [0, 0.05) is 46.0 Å². The van der Waals surface area contributed by atoms with E-state index in [2.05, 4.69) is 15.6 Å². The Hall–Kier alpha value is -1.30. The molecule has 0 heterocycles. The lowest BCUT2D eigenvalue weighted by atomic mass is 9.67. The van der Waals surface area contributed by atoms with Crippen molar-refractivity contribution in [2.75, 3.05) is 41.0 Å². The van der Waals surface area contributed by atoms with E-state index in [0.29, 0.717) is 17.0 Å². The highest BCUT2D eigenvalue weighted by Crippen LogP contribution is 2.43. The second-order valence-electron chi connectivity index (χ2n) is 6.68. The largest absolute Gasteiger partial charge is 0.385 e. The Morgan fingerprint density at radius 1 is 1.32 bits per heavy atom. The Kier molecular flexibility index (Phi) is 8.00. The summed E-state index contributed by atoms with van der Waals surface area (Å²) < 4.78 is 10.9. The number of ether oxygens (including phenoxy) is 2. The maximum Gasteiger partial charge on any atom is 0.191 e. The number of aliphatic imine (C=N–C) groups is 1. The average Bonchev–Trinajstić information content (AvgIpc) is 2.59. The third-order valence-corrected chi connectivity index (χ3v) is 5.30. The average molecular weight is 368 g/mol. The van der Waals surface area contributed by atoms with Crippen molar-refractivity contribution in [1.82, 2.24) is 10.6 Å². The normalized spacial score (nSPS) is 17.7. The SMILES string of the molecule is CN=C(NCC(OC)c1cccc(Cl)c1)NCC1(CCOC)CCC1. The molecule has 140 valence electrons. The topological polar surface area (TPSA) is 54.9 Å². The van der Waals surface area contributed by atoms with Gasteiger partial charge in [-0.25, -0.2) is 0 Å². The second kappa shape index (κ2) is 10.00. The van der Waals surface area contributed by atoms with Crippen LogP contribution in [0.25, 0.3) is 0 Å². The van der Waals surface area contributed by atoms with Crippen LogP contribution in [0.3, 0.4) is 0 Å². The van der Waals surface area contributed by atoms with Crippen molar-refractivity contribution in [1.29, 1.82) is 0 Å². The third-order valence-electron chi connectivity index (χ3n) is 5.07. The van der Waals surface area contributed by atoms with Crippen LogP contribution in [-0.4, -0.2) is 46.9 Å². The highest BCUT2D eigenvalue weighted by molar-refractivity contribution is 6.30. The van der Waals surface area contributed by atoms with Crippen molar-refractivity contribution < 1.29 is 9.47 Å². The number of guanidine groups is 1. The van der Waals surface area contributed by atoms with Gasteiger partial charge in [0.1, 0.15) is 0 Å². The zero-order chi connectivity index (χ0) is 18.1. The lowest BCUT2D eigenvalue weighted by Crippen LogP contribution is -2.47. The summed E-state index contributed by atoms with van der Waals surface area (Å²) in [6.07, 6.45) is 4.82. The Morgan fingerprint density at radius 3 is 2.68 bits per heavy atom. The van der Waals surface area contributed by atoms with Gasteiger partial charge < -0.3 is 20.1 Å². The number of hydrogen-bond donors (Lipinski definition) is 2. The molecule has 2 rings (SSSR count). The van der Waals surface area contributed by atoms with Crippen LogP contribution < -0.4 is 10.6 Å². The van der Waals surface area contributed by atoms with Gasteiger partial charge in [-0.05, 0) is 42.4 Å². The molecule has 1 aromatic carbocycles. The monoisotopic (exact) mass is 367 g/mol. The number of methoxy groups -OCH3 is 2. The summed E-state index contributed by atoms with van der Waals surface area (Å²) in [5, 5.41) is 7.53. The van der Waals surface area contributed by atoms with Crippen molar-refractivity contribution in [3.8, 4) is 0 Å². The number of halogens is 1. The molecule has 6 heteroatoms. The molecule has 0 spiro atoms. The van der Waals surface area contributed by atoms with Gasteiger partial charge in [0.15, 0.2) is 5.96 Å². The minimum absolute atomic E-state index is 0.0802. The van der Waals surface area contributed by atoms with Crippen LogP contribution in [0.2, 0.25) is 5.02 Å². The molecule has 1 unspecified atom stereocenters. The molecule has 5 nitrogen and oxygen atoms in total. The molecule has 1 fully saturated rings. The molecular formula is C19H30ClN3O2. The maximum atomic E-state index is 6.08. The molecular weight excluding hydrogens is 338 g/mol. The van der Waals surface area contributed by atoms with Crippen LogP contribution in [-0.2, 0) is 9.47 Å². The van der Waals surface area contributed by atoms with Gasteiger partial charge in [0.25, 0.3) is 0 Å². The Labute approximate surface area is 156 Å². The molecule has 0 aliphatic heterocycles. The molecule has 1 aromatic rings. The van der Waals surface area contributed by atoms with E-state index in [9.17, 15) is 0 Å². The fourth-order valence-corrected chi connectivity index (χ4v) is 3.43. The van der Waals surface area contributed by atoms with E-state index >= 15 is 0 Å². The molecule has 1 atom stereocenters. The van der Waals surface area contributed by atoms with E-state index in [1.807, 2.05) is 24.3 Å². The van der Waals surface area contributed by atoms with Crippen LogP contribution in [0.5, 0.6) is 0 Å². The van der Waals surface area contributed by atoms with E-state index in [-0.39, 0.29) is 6.10 Å². The minimum atomic E-state index is -0.0802. The highest BCUT2D eigenvalue weighted by atomic mass is 35.5. The van der Waals surface area contributed by atoms with Gasteiger partial charge in [-0.15, -0.1) is 0 Å². The fraction of sp³-hybridized carbons (Fsp3) is 0.632. The molecule has 0 aromatic heterocycles.